The Hall–Kier alpha value is -4.11. The van der Waals surface area contributed by atoms with E-state index in [2.05, 4.69) is 21.2 Å². The first kappa shape index (κ1) is 17.3. The van der Waals surface area contributed by atoms with E-state index in [4.69, 9.17) is 4.42 Å². The standard InChI is InChI=1S/C22H16N4O2/c23-12-16-6-1-2-7-17(16)14-26-15-18(19-8-3-4-9-20(19)26)13-24-25-22(27)21-10-5-11-28-21/h1-11,13,15H,14H2,(H,25,27)/b24-13+. The van der Waals surface area contributed by atoms with Crippen LogP contribution in [0.5, 0.6) is 0 Å². The lowest BCUT2D eigenvalue weighted by Gasteiger charge is -2.07. The first-order valence-corrected chi connectivity index (χ1v) is 8.69. The Balaban J connectivity index is 1.62. The van der Waals surface area contributed by atoms with E-state index in [-0.39, 0.29) is 5.76 Å². The number of amides is 1. The zero-order valence-electron chi connectivity index (χ0n) is 14.9. The molecule has 0 saturated carbocycles. The van der Waals surface area contributed by atoms with Crippen LogP contribution in [0, 0.1) is 11.3 Å². The number of benzene rings is 2. The highest BCUT2D eigenvalue weighted by Gasteiger charge is 2.10. The molecule has 0 radical (unpaired) electrons. The summed E-state index contributed by atoms with van der Waals surface area (Å²) >= 11 is 0. The number of nitrogens with zero attached hydrogens (tertiary/aromatic N) is 3. The van der Waals surface area contributed by atoms with Crippen LogP contribution in [-0.4, -0.2) is 16.7 Å². The minimum Gasteiger partial charge on any atom is -0.459 e. The Morgan fingerprint density at radius 3 is 2.79 bits per heavy atom. The number of para-hydroxylation sites is 1. The molecule has 136 valence electrons. The van der Waals surface area contributed by atoms with Gasteiger partial charge in [-0.1, -0.05) is 36.4 Å². The molecule has 0 aliphatic carbocycles. The first-order chi connectivity index (χ1) is 13.8. The summed E-state index contributed by atoms with van der Waals surface area (Å²) in [4.78, 5) is 11.9. The fourth-order valence-corrected chi connectivity index (χ4v) is 3.08. The van der Waals surface area contributed by atoms with Gasteiger partial charge >= 0.3 is 5.91 Å². The van der Waals surface area contributed by atoms with Gasteiger partial charge in [-0.25, -0.2) is 5.43 Å². The van der Waals surface area contributed by atoms with Crippen LogP contribution in [0.1, 0.15) is 27.2 Å². The molecule has 0 atom stereocenters. The smallest absolute Gasteiger partial charge is 0.307 e. The molecule has 1 amide bonds. The molecule has 6 heteroatoms. The molecule has 0 unspecified atom stereocenters. The van der Waals surface area contributed by atoms with Gasteiger partial charge in [-0.15, -0.1) is 0 Å². The van der Waals surface area contributed by atoms with E-state index < -0.39 is 5.91 Å². The Morgan fingerprint density at radius 1 is 1.14 bits per heavy atom. The number of hydrazone groups is 1. The van der Waals surface area contributed by atoms with Crippen molar-refractivity contribution in [3.63, 3.8) is 0 Å². The maximum atomic E-state index is 11.9. The van der Waals surface area contributed by atoms with Crippen molar-refractivity contribution < 1.29 is 9.21 Å². The van der Waals surface area contributed by atoms with E-state index in [1.807, 2.05) is 54.7 Å². The summed E-state index contributed by atoms with van der Waals surface area (Å²) in [5.74, 6) is -0.208. The molecule has 0 spiro atoms. The summed E-state index contributed by atoms with van der Waals surface area (Å²) in [6.07, 6.45) is 5.00. The van der Waals surface area contributed by atoms with Crippen LogP contribution in [0.2, 0.25) is 0 Å². The largest absolute Gasteiger partial charge is 0.459 e. The molecule has 6 nitrogen and oxygen atoms in total. The van der Waals surface area contributed by atoms with Gasteiger partial charge in [-0.05, 0) is 29.8 Å². The van der Waals surface area contributed by atoms with Crippen molar-refractivity contribution in [1.29, 1.82) is 5.26 Å². The average Bonchev–Trinajstić information content (AvgIpc) is 3.38. The maximum absolute atomic E-state index is 11.9. The Morgan fingerprint density at radius 2 is 1.96 bits per heavy atom. The highest BCUT2D eigenvalue weighted by molar-refractivity contribution is 6.00. The number of hydrogen-bond acceptors (Lipinski definition) is 4. The SMILES string of the molecule is N#Cc1ccccc1Cn1cc(/C=N/NC(=O)c2ccco2)c2ccccc21. The number of carbonyl (C=O) groups is 1. The van der Waals surface area contributed by atoms with Crippen LogP contribution in [0.3, 0.4) is 0 Å². The molecular formula is C22H16N4O2. The monoisotopic (exact) mass is 368 g/mol. The van der Waals surface area contributed by atoms with Gasteiger partial charge in [0.15, 0.2) is 5.76 Å². The van der Waals surface area contributed by atoms with Crippen molar-refractivity contribution in [1.82, 2.24) is 9.99 Å². The summed E-state index contributed by atoms with van der Waals surface area (Å²) in [6, 6.07) is 20.9. The third-order valence-electron chi connectivity index (χ3n) is 4.41. The van der Waals surface area contributed by atoms with Gasteiger partial charge in [-0.2, -0.15) is 10.4 Å². The van der Waals surface area contributed by atoms with Crippen LogP contribution in [-0.2, 0) is 6.54 Å². The summed E-state index contributed by atoms with van der Waals surface area (Å²) in [7, 11) is 0. The predicted molar refractivity (Wildman–Crippen MR) is 106 cm³/mol. The van der Waals surface area contributed by atoms with Gasteiger partial charge in [0.05, 0.1) is 24.1 Å². The number of hydrogen-bond donors (Lipinski definition) is 1. The lowest BCUT2D eigenvalue weighted by Crippen LogP contribution is -2.16. The number of rotatable bonds is 5. The zero-order valence-corrected chi connectivity index (χ0v) is 14.9. The van der Waals surface area contributed by atoms with Crippen molar-refractivity contribution in [2.24, 2.45) is 5.10 Å². The minimum atomic E-state index is -0.409. The predicted octanol–water partition coefficient (Wildman–Crippen LogP) is 3.92. The highest BCUT2D eigenvalue weighted by Crippen LogP contribution is 2.22. The molecule has 1 N–H and O–H groups in total. The van der Waals surface area contributed by atoms with Gasteiger partial charge in [-0.3, -0.25) is 4.79 Å². The van der Waals surface area contributed by atoms with Gasteiger partial charge in [0.25, 0.3) is 0 Å². The molecule has 28 heavy (non-hydrogen) atoms. The Bertz CT molecular complexity index is 1200. The molecule has 2 heterocycles. The van der Waals surface area contributed by atoms with E-state index in [0.29, 0.717) is 12.1 Å². The molecule has 4 rings (SSSR count). The molecule has 2 aromatic heterocycles. The second-order valence-corrected chi connectivity index (χ2v) is 6.17. The first-order valence-electron chi connectivity index (χ1n) is 8.69. The van der Waals surface area contributed by atoms with E-state index in [1.54, 1.807) is 18.3 Å². The number of furan rings is 1. The van der Waals surface area contributed by atoms with Crippen molar-refractivity contribution in [2.45, 2.75) is 6.54 Å². The fourth-order valence-electron chi connectivity index (χ4n) is 3.08. The number of nitrogens with one attached hydrogen (secondary N) is 1. The van der Waals surface area contributed by atoms with Crippen molar-refractivity contribution in [3.8, 4) is 6.07 Å². The van der Waals surface area contributed by atoms with Gasteiger partial charge in [0.2, 0.25) is 0 Å². The summed E-state index contributed by atoms with van der Waals surface area (Å²) in [5.41, 5.74) is 5.95. The number of nitriles is 1. The number of fused-ring (bicyclic) bond motifs is 1. The van der Waals surface area contributed by atoms with Crippen LogP contribution >= 0.6 is 0 Å². The zero-order chi connectivity index (χ0) is 19.3. The second kappa shape index (κ2) is 7.64. The van der Waals surface area contributed by atoms with Crippen molar-refractivity contribution in [2.75, 3.05) is 0 Å². The molecule has 0 fully saturated rings. The van der Waals surface area contributed by atoms with E-state index in [0.717, 1.165) is 22.0 Å². The molecule has 0 aliphatic heterocycles. The fraction of sp³-hybridized carbons (Fsp3) is 0.0455. The quantitative estimate of drug-likeness (QED) is 0.428. The van der Waals surface area contributed by atoms with E-state index in [1.165, 1.54) is 6.26 Å². The molecule has 2 aromatic carbocycles. The highest BCUT2D eigenvalue weighted by atomic mass is 16.3. The summed E-state index contributed by atoms with van der Waals surface area (Å²) in [6.45, 7) is 0.566. The van der Waals surface area contributed by atoms with Crippen molar-refractivity contribution >= 4 is 23.0 Å². The topological polar surface area (TPSA) is 83.3 Å². The second-order valence-electron chi connectivity index (χ2n) is 6.17. The van der Waals surface area contributed by atoms with Gasteiger partial charge < -0.3 is 8.98 Å². The van der Waals surface area contributed by atoms with Crippen molar-refractivity contribution in [3.05, 3.63) is 95.6 Å². The molecule has 0 bridgehead atoms. The molecule has 4 aromatic rings. The van der Waals surface area contributed by atoms with Crippen LogP contribution in [0.25, 0.3) is 10.9 Å². The lowest BCUT2D eigenvalue weighted by molar-refractivity contribution is 0.0927. The third kappa shape index (κ3) is 3.41. The van der Waals surface area contributed by atoms with Gasteiger partial charge in [0.1, 0.15) is 0 Å². The normalized spacial score (nSPS) is 11.0. The number of aromatic nitrogens is 1. The van der Waals surface area contributed by atoms with Gasteiger partial charge in [0, 0.05) is 29.2 Å². The molecule has 0 aliphatic rings. The molecular weight excluding hydrogens is 352 g/mol. The average molecular weight is 368 g/mol. The third-order valence-corrected chi connectivity index (χ3v) is 4.41. The van der Waals surface area contributed by atoms with E-state index >= 15 is 0 Å². The summed E-state index contributed by atoms with van der Waals surface area (Å²) in [5, 5.41) is 14.4. The van der Waals surface area contributed by atoms with E-state index in [9.17, 15) is 10.1 Å². The maximum Gasteiger partial charge on any atom is 0.307 e. The number of carbonyl (C=O) groups excluding carboxylic acids is 1. The molecule has 0 saturated heterocycles. The Kier molecular flexibility index (Phi) is 4.72. The summed E-state index contributed by atoms with van der Waals surface area (Å²) < 4.78 is 7.11. The Labute approximate surface area is 161 Å². The minimum absolute atomic E-state index is 0.202. The van der Waals surface area contributed by atoms with Crippen LogP contribution < -0.4 is 5.43 Å². The van der Waals surface area contributed by atoms with Crippen LogP contribution in [0.15, 0.2) is 82.6 Å². The lowest BCUT2D eigenvalue weighted by atomic mass is 10.1. The van der Waals surface area contributed by atoms with Crippen LogP contribution in [0.4, 0.5) is 0 Å².